The van der Waals surface area contributed by atoms with Gasteiger partial charge in [0.05, 0.1) is 0 Å². The molecule has 0 N–H and O–H groups in total. The molecule has 0 bridgehead atoms. The molecule has 0 amide bonds. The molecule has 47 heavy (non-hydrogen) atoms. The van der Waals surface area contributed by atoms with Crippen LogP contribution < -0.4 is 24.8 Å². The molecule has 4 aliphatic rings. The van der Waals surface area contributed by atoms with E-state index < -0.39 is 0 Å². The van der Waals surface area contributed by atoms with Crippen molar-refractivity contribution in [2.24, 2.45) is 10.8 Å². The van der Waals surface area contributed by atoms with Crippen molar-refractivity contribution >= 4 is 14.4 Å². The van der Waals surface area contributed by atoms with Crippen molar-refractivity contribution in [1.82, 2.24) is 0 Å². The SMILES string of the molecule is CC(C)(C)C1=[C-]C(C)(C)c2cc3c(cc21)-c1cc2c(cc1C3)C(C)(C)C=C2C(C)(C)C.Cc1c[cH-]c(C)c1.[Cl-].[Cl-].[Zr+2]=[C]1CCCCC1. The Morgan fingerprint density at radius 2 is 1.26 bits per heavy atom. The van der Waals surface area contributed by atoms with Gasteiger partial charge in [0.2, 0.25) is 0 Å². The van der Waals surface area contributed by atoms with E-state index in [0.29, 0.717) is 0 Å². The van der Waals surface area contributed by atoms with Crippen LogP contribution in [0.4, 0.5) is 0 Å². The van der Waals surface area contributed by atoms with E-state index >= 15 is 0 Å². The zero-order valence-corrected chi connectivity index (χ0v) is 35.1. The summed E-state index contributed by atoms with van der Waals surface area (Å²) < 4.78 is 1.80. The third-order valence-corrected chi connectivity index (χ3v) is 11.3. The number of aryl methyl sites for hydroxylation is 2. The second-order valence-electron chi connectivity index (χ2n) is 17.3. The molecule has 7 rings (SSSR count). The molecule has 1 fully saturated rings. The van der Waals surface area contributed by atoms with Gasteiger partial charge < -0.3 is 24.8 Å². The first-order valence-electron chi connectivity index (χ1n) is 17.3. The Bertz CT molecular complexity index is 1570. The van der Waals surface area contributed by atoms with Crippen LogP contribution in [0.5, 0.6) is 0 Å². The van der Waals surface area contributed by atoms with Crippen molar-refractivity contribution in [3.63, 3.8) is 0 Å². The first kappa shape index (κ1) is 40.0. The third kappa shape index (κ3) is 8.50. The topological polar surface area (TPSA) is 0 Å². The number of benzene rings is 2. The van der Waals surface area contributed by atoms with Gasteiger partial charge in [-0.3, -0.25) is 6.08 Å². The summed E-state index contributed by atoms with van der Waals surface area (Å²) in [7, 11) is 0. The Hall–Kier alpha value is -1.40. The predicted octanol–water partition coefficient (Wildman–Crippen LogP) is 6.20. The Morgan fingerprint density at radius 3 is 1.68 bits per heavy atom. The van der Waals surface area contributed by atoms with Crippen LogP contribution in [-0.2, 0) is 41.5 Å². The fraction of sp³-hybridized carbons (Fsp3) is 0.500. The standard InChI is InChI=1S/C31H37.C7H9.C6H10.2ClH.Zr/c1-28(2,3)26-16-30(7,8)24-12-18-11-19-13-25-23(15-21(19)20(18)14-22(24)26)27(29(4,5)6)17-31(25,9)10;1-6-3-4-7(2)5-6;1-2-4-6-5-3-1;;;/h12-16H,11H2,1-10H3;3-5H,1-2H3;1-5H2;2*1H;/q2*-1;;;;+2/p-2. The fourth-order valence-corrected chi connectivity index (χ4v) is 8.51. The summed E-state index contributed by atoms with van der Waals surface area (Å²) in [5.41, 5.74) is 17.6. The first-order chi connectivity index (χ1) is 20.8. The van der Waals surface area contributed by atoms with Crippen LogP contribution in [-0.4, -0.2) is 3.21 Å². The van der Waals surface area contributed by atoms with Crippen molar-refractivity contribution in [2.75, 3.05) is 0 Å². The van der Waals surface area contributed by atoms with Gasteiger partial charge in [-0.15, -0.1) is 11.6 Å². The summed E-state index contributed by atoms with van der Waals surface area (Å²) in [5, 5.41) is 0. The second kappa shape index (κ2) is 14.5. The summed E-state index contributed by atoms with van der Waals surface area (Å²) in [6, 6.07) is 16.4. The van der Waals surface area contributed by atoms with Gasteiger partial charge in [0.25, 0.3) is 0 Å². The molecule has 3 aromatic carbocycles. The number of hydrogen-bond acceptors (Lipinski definition) is 0. The monoisotopic (exact) mass is 744 g/mol. The molecule has 0 spiro atoms. The van der Waals surface area contributed by atoms with Crippen molar-refractivity contribution in [3.8, 4) is 11.1 Å². The van der Waals surface area contributed by atoms with E-state index in [0.717, 1.165) is 6.42 Å². The van der Waals surface area contributed by atoms with E-state index in [-0.39, 0.29) is 46.5 Å². The summed E-state index contributed by atoms with van der Waals surface area (Å²) in [5.74, 6) is 0. The minimum absolute atomic E-state index is 0. The molecule has 0 unspecified atom stereocenters. The quantitative estimate of drug-likeness (QED) is 0.188. The fourth-order valence-electron chi connectivity index (χ4n) is 7.64. The molecule has 0 aliphatic heterocycles. The Kier molecular flexibility index (Phi) is 12.3. The molecule has 3 heteroatoms. The number of halogens is 2. The van der Waals surface area contributed by atoms with E-state index in [1.807, 2.05) is 0 Å². The van der Waals surface area contributed by atoms with E-state index in [4.69, 9.17) is 0 Å². The van der Waals surface area contributed by atoms with Crippen LogP contribution >= 0.6 is 0 Å². The Balaban J connectivity index is 0.000000311. The molecule has 0 saturated heterocycles. The summed E-state index contributed by atoms with van der Waals surface area (Å²) in [4.78, 5) is 0. The molecule has 0 radical (unpaired) electrons. The van der Waals surface area contributed by atoms with E-state index in [1.165, 1.54) is 98.9 Å². The van der Waals surface area contributed by atoms with Crippen LogP contribution in [0.1, 0.15) is 146 Å². The molecular weight excluding hydrogens is 691 g/mol. The zero-order chi connectivity index (χ0) is 33.1. The molecule has 4 aliphatic carbocycles. The Labute approximate surface area is 314 Å². The van der Waals surface area contributed by atoms with Crippen molar-refractivity contribution in [3.05, 3.63) is 99.1 Å². The van der Waals surface area contributed by atoms with E-state index in [2.05, 4.69) is 138 Å². The van der Waals surface area contributed by atoms with Crippen molar-refractivity contribution in [1.29, 1.82) is 0 Å². The average molecular weight is 747 g/mol. The molecular formula is C44H56Cl2Zr-2. The average Bonchev–Trinajstić information content (AvgIpc) is 3.63. The van der Waals surface area contributed by atoms with E-state index in [1.54, 1.807) is 27.4 Å². The van der Waals surface area contributed by atoms with E-state index in [9.17, 15) is 0 Å². The molecule has 0 nitrogen and oxygen atoms in total. The van der Waals surface area contributed by atoms with Crippen molar-refractivity contribution in [2.45, 2.75) is 132 Å². The van der Waals surface area contributed by atoms with Gasteiger partial charge in [0, 0.05) is 5.41 Å². The molecule has 3 aromatic rings. The number of hydrogen-bond donors (Lipinski definition) is 0. The van der Waals surface area contributed by atoms with Crippen LogP contribution in [0.3, 0.4) is 0 Å². The number of allylic oxidation sites excluding steroid dienone is 4. The molecule has 0 heterocycles. The second-order valence-corrected chi connectivity index (χ2v) is 19.1. The Morgan fingerprint density at radius 1 is 0.702 bits per heavy atom. The first-order valence-corrected chi connectivity index (χ1v) is 18.5. The zero-order valence-electron chi connectivity index (χ0n) is 31.1. The molecule has 0 atom stereocenters. The van der Waals surface area contributed by atoms with Crippen LogP contribution in [0.25, 0.3) is 22.3 Å². The maximum atomic E-state index is 3.85. The molecule has 252 valence electrons. The summed E-state index contributed by atoms with van der Waals surface area (Å²) >= 11 is 1.69. The summed E-state index contributed by atoms with van der Waals surface area (Å²) in [6.45, 7) is 27.6. The van der Waals surface area contributed by atoms with Gasteiger partial charge >= 0.3 is 59.5 Å². The normalized spacial score (nSPS) is 18.0. The minimum atomic E-state index is -0.0202. The van der Waals surface area contributed by atoms with Gasteiger partial charge in [-0.05, 0) is 62.3 Å². The van der Waals surface area contributed by atoms with Crippen LogP contribution in [0, 0.1) is 30.8 Å². The van der Waals surface area contributed by atoms with Gasteiger partial charge in [0.15, 0.2) is 0 Å². The number of fused-ring (bicyclic) bond motifs is 5. The third-order valence-electron chi connectivity index (χ3n) is 10.1. The van der Waals surface area contributed by atoms with Gasteiger partial charge in [-0.1, -0.05) is 107 Å². The maximum absolute atomic E-state index is 3.85. The van der Waals surface area contributed by atoms with Gasteiger partial charge in [-0.25, -0.2) is 17.2 Å². The molecule has 1 saturated carbocycles. The van der Waals surface area contributed by atoms with Gasteiger partial charge in [0.1, 0.15) is 0 Å². The van der Waals surface area contributed by atoms with Crippen LogP contribution in [0.2, 0.25) is 0 Å². The summed E-state index contributed by atoms with van der Waals surface area (Å²) in [6.07, 6.45) is 14.7. The predicted molar refractivity (Wildman–Crippen MR) is 194 cm³/mol. The molecule has 0 aromatic heterocycles. The van der Waals surface area contributed by atoms with Crippen molar-refractivity contribution < 1.29 is 49.0 Å². The van der Waals surface area contributed by atoms with Crippen LogP contribution in [0.15, 0.2) is 48.5 Å². The number of rotatable bonds is 0. The van der Waals surface area contributed by atoms with Gasteiger partial charge in [-0.2, -0.15) is 23.3 Å².